The predicted octanol–water partition coefficient (Wildman–Crippen LogP) is 3.35. The first-order valence-electron chi connectivity index (χ1n) is 7.75. The molecule has 1 aromatic heterocycles. The van der Waals surface area contributed by atoms with Gasteiger partial charge in [0.2, 0.25) is 0 Å². The van der Waals surface area contributed by atoms with E-state index in [4.69, 9.17) is 15.5 Å². The Hall–Kier alpha value is -1.39. The molecule has 1 aromatic carbocycles. The Bertz CT molecular complexity index is 654. The quantitative estimate of drug-likeness (QED) is 0.921. The molecule has 3 rings (SSSR count). The third-order valence-electron chi connectivity index (χ3n) is 4.29. The van der Waals surface area contributed by atoms with Gasteiger partial charge in [0.05, 0.1) is 11.0 Å². The van der Waals surface area contributed by atoms with Gasteiger partial charge in [0.1, 0.15) is 11.9 Å². The molecular formula is C17H25N3O. The zero-order valence-electron chi connectivity index (χ0n) is 13.4. The number of rotatable bonds is 2. The number of ether oxygens (including phenoxy) is 1. The molecule has 0 saturated carbocycles. The van der Waals surface area contributed by atoms with Gasteiger partial charge in [-0.3, -0.25) is 0 Å². The predicted molar refractivity (Wildman–Crippen MR) is 85.1 cm³/mol. The van der Waals surface area contributed by atoms with Gasteiger partial charge < -0.3 is 15.0 Å². The zero-order valence-corrected chi connectivity index (χ0v) is 13.4. The Morgan fingerprint density at radius 3 is 2.71 bits per heavy atom. The summed E-state index contributed by atoms with van der Waals surface area (Å²) in [4.78, 5) is 4.90. The van der Waals surface area contributed by atoms with E-state index in [2.05, 4.69) is 50.5 Å². The van der Waals surface area contributed by atoms with Crippen LogP contribution in [0.5, 0.6) is 0 Å². The van der Waals surface area contributed by atoms with Gasteiger partial charge >= 0.3 is 0 Å². The van der Waals surface area contributed by atoms with Crippen LogP contribution in [0.1, 0.15) is 51.6 Å². The summed E-state index contributed by atoms with van der Waals surface area (Å²) >= 11 is 0. The minimum Gasteiger partial charge on any atom is -0.370 e. The molecule has 0 radical (unpaired) electrons. The van der Waals surface area contributed by atoms with Crippen LogP contribution in [-0.4, -0.2) is 16.2 Å². The minimum absolute atomic E-state index is 0.0278. The van der Waals surface area contributed by atoms with Gasteiger partial charge in [-0.05, 0) is 50.8 Å². The summed E-state index contributed by atoms with van der Waals surface area (Å²) in [5.41, 5.74) is 9.03. The van der Waals surface area contributed by atoms with Gasteiger partial charge in [0.25, 0.3) is 0 Å². The molecule has 0 amide bonds. The summed E-state index contributed by atoms with van der Waals surface area (Å²) < 4.78 is 8.29. The average molecular weight is 287 g/mol. The van der Waals surface area contributed by atoms with E-state index in [1.54, 1.807) is 0 Å². The Morgan fingerprint density at radius 1 is 1.38 bits per heavy atom. The molecule has 2 unspecified atom stereocenters. The monoisotopic (exact) mass is 287 g/mol. The van der Waals surface area contributed by atoms with Crippen molar-refractivity contribution in [1.29, 1.82) is 0 Å². The molecule has 21 heavy (non-hydrogen) atoms. The molecular weight excluding hydrogens is 262 g/mol. The zero-order chi connectivity index (χ0) is 15.2. The lowest BCUT2D eigenvalue weighted by Gasteiger charge is -2.27. The molecule has 2 N–H and O–H groups in total. The highest BCUT2D eigenvalue weighted by molar-refractivity contribution is 5.77. The van der Waals surface area contributed by atoms with Crippen molar-refractivity contribution in [1.82, 2.24) is 9.55 Å². The van der Waals surface area contributed by atoms with Crippen LogP contribution in [0.2, 0.25) is 0 Å². The van der Waals surface area contributed by atoms with Crippen molar-refractivity contribution in [3.05, 3.63) is 29.6 Å². The van der Waals surface area contributed by atoms with Crippen molar-refractivity contribution in [2.75, 3.05) is 6.61 Å². The van der Waals surface area contributed by atoms with Crippen LogP contribution in [-0.2, 0) is 16.8 Å². The summed E-state index contributed by atoms with van der Waals surface area (Å²) in [6.45, 7) is 10.3. The Kier molecular flexibility index (Phi) is 3.54. The highest BCUT2D eigenvalue weighted by Crippen LogP contribution is 2.37. The molecule has 0 bridgehead atoms. The fraction of sp³-hybridized carbons (Fsp3) is 0.588. The van der Waals surface area contributed by atoms with Gasteiger partial charge in [-0.15, -0.1) is 0 Å². The van der Waals surface area contributed by atoms with Crippen molar-refractivity contribution >= 4 is 11.0 Å². The largest absolute Gasteiger partial charge is 0.370 e. The Balaban J connectivity index is 2.22. The van der Waals surface area contributed by atoms with Crippen molar-refractivity contribution in [3.63, 3.8) is 0 Å². The second-order valence-electron chi connectivity index (χ2n) is 7.06. The molecule has 2 heterocycles. The lowest BCUT2D eigenvalue weighted by Crippen LogP contribution is -2.26. The van der Waals surface area contributed by atoms with E-state index >= 15 is 0 Å². The summed E-state index contributed by atoms with van der Waals surface area (Å²) in [7, 11) is 0. The molecule has 0 spiro atoms. The van der Waals surface area contributed by atoms with Crippen LogP contribution in [0.15, 0.2) is 18.2 Å². The third kappa shape index (κ3) is 2.47. The number of fused-ring (bicyclic) bond motifs is 1. The van der Waals surface area contributed by atoms with Gasteiger partial charge in [-0.1, -0.05) is 13.0 Å². The molecule has 4 nitrogen and oxygen atoms in total. The normalized spacial score (nSPS) is 23.1. The highest BCUT2D eigenvalue weighted by atomic mass is 16.5. The topological polar surface area (TPSA) is 53.1 Å². The molecule has 4 heteroatoms. The van der Waals surface area contributed by atoms with Gasteiger partial charge in [-0.25, -0.2) is 4.98 Å². The maximum Gasteiger partial charge on any atom is 0.139 e. The maximum absolute atomic E-state index is 5.97. The van der Waals surface area contributed by atoms with E-state index in [1.165, 1.54) is 0 Å². The standard InChI is InChI=1S/C17H25N3O/c1-11-7-8-21-15(11)16-19-13-9-12(10-18)5-6-14(13)20(16)17(2,3)4/h5-6,9,11,15H,7-8,10,18H2,1-4H3. The van der Waals surface area contributed by atoms with Crippen LogP contribution in [0.3, 0.4) is 0 Å². The van der Waals surface area contributed by atoms with Crippen LogP contribution in [0.25, 0.3) is 11.0 Å². The smallest absolute Gasteiger partial charge is 0.139 e. The van der Waals surface area contributed by atoms with Crippen LogP contribution >= 0.6 is 0 Å². The van der Waals surface area contributed by atoms with E-state index < -0.39 is 0 Å². The molecule has 0 aliphatic carbocycles. The first kappa shape index (κ1) is 14.5. The summed E-state index contributed by atoms with van der Waals surface area (Å²) in [5.74, 6) is 1.56. The molecule has 1 aliphatic heterocycles. The highest BCUT2D eigenvalue weighted by Gasteiger charge is 2.33. The van der Waals surface area contributed by atoms with E-state index in [1.807, 2.05) is 0 Å². The van der Waals surface area contributed by atoms with Crippen molar-refractivity contribution in [2.24, 2.45) is 11.7 Å². The fourth-order valence-electron chi connectivity index (χ4n) is 3.19. The van der Waals surface area contributed by atoms with E-state index in [0.717, 1.165) is 35.4 Å². The number of imidazole rings is 1. The van der Waals surface area contributed by atoms with Crippen molar-refractivity contribution < 1.29 is 4.74 Å². The minimum atomic E-state index is -0.0278. The van der Waals surface area contributed by atoms with Crippen LogP contribution in [0.4, 0.5) is 0 Å². The second-order valence-corrected chi connectivity index (χ2v) is 7.06. The van der Waals surface area contributed by atoms with Crippen molar-refractivity contribution in [3.8, 4) is 0 Å². The molecule has 1 fully saturated rings. The van der Waals surface area contributed by atoms with E-state index in [9.17, 15) is 0 Å². The Morgan fingerprint density at radius 2 is 2.14 bits per heavy atom. The maximum atomic E-state index is 5.97. The number of hydrogen-bond donors (Lipinski definition) is 1. The molecule has 1 saturated heterocycles. The molecule has 1 aliphatic rings. The van der Waals surface area contributed by atoms with Gasteiger partial charge in [0, 0.05) is 18.7 Å². The molecule has 2 atom stereocenters. The van der Waals surface area contributed by atoms with Gasteiger partial charge in [-0.2, -0.15) is 0 Å². The third-order valence-corrected chi connectivity index (χ3v) is 4.29. The van der Waals surface area contributed by atoms with E-state index in [0.29, 0.717) is 12.5 Å². The number of hydrogen-bond acceptors (Lipinski definition) is 3. The van der Waals surface area contributed by atoms with E-state index in [-0.39, 0.29) is 11.6 Å². The fourth-order valence-corrected chi connectivity index (χ4v) is 3.19. The number of nitrogens with two attached hydrogens (primary N) is 1. The Labute approximate surface area is 126 Å². The first-order chi connectivity index (χ1) is 9.91. The SMILES string of the molecule is CC1CCOC1c1nc2cc(CN)ccc2n1C(C)(C)C. The second kappa shape index (κ2) is 5.11. The lowest BCUT2D eigenvalue weighted by molar-refractivity contribution is 0.0811. The summed E-state index contributed by atoms with van der Waals surface area (Å²) in [6.07, 6.45) is 1.20. The number of nitrogens with zero attached hydrogens (tertiary/aromatic N) is 2. The summed E-state index contributed by atoms with van der Waals surface area (Å²) in [5, 5.41) is 0. The molecule has 2 aromatic rings. The molecule has 114 valence electrons. The van der Waals surface area contributed by atoms with Crippen LogP contribution < -0.4 is 5.73 Å². The number of benzene rings is 1. The van der Waals surface area contributed by atoms with Crippen molar-refractivity contribution in [2.45, 2.75) is 52.3 Å². The summed E-state index contributed by atoms with van der Waals surface area (Å²) in [6, 6.07) is 6.33. The first-order valence-corrected chi connectivity index (χ1v) is 7.75. The van der Waals surface area contributed by atoms with Crippen LogP contribution in [0, 0.1) is 5.92 Å². The van der Waals surface area contributed by atoms with Gasteiger partial charge in [0.15, 0.2) is 0 Å². The lowest BCUT2D eigenvalue weighted by atomic mass is 10.0. The number of aromatic nitrogens is 2. The average Bonchev–Trinajstić information content (AvgIpc) is 2.99.